The van der Waals surface area contributed by atoms with Gasteiger partial charge in [-0.05, 0) is 25.0 Å². The molecular formula is C12H16N4O3. The number of hydrogen-bond donors (Lipinski definition) is 2. The summed E-state index contributed by atoms with van der Waals surface area (Å²) in [5.74, 6) is -1.30. The Kier molecular flexibility index (Phi) is 4.27. The van der Waals surface area contributed by atoms with Crippen molar-refractivity contribution in [1.82, 2.24) is 20.4 Å². The van der Waals surface area contributed by atoms with Gasteiger partial charge in [-0.15, -0.1) is 0 Å². The summed E-state index contributed by atoms with van der Waals surface area (Å²) in [4.78, 5) is 24.4. The molecule has 1 aromatic rings. The first-order valence-electron chi connectivity index (χ1n) is 6.19. The van der Waals surface area contributed by atoms with E-state index in [0.717, 1.165) is 6.42 Å². The van der Waals surface area contributed by atoms with E-state index in [1.165, 1.54) is 0 Å². The van der Waals surface area contributed by atoms with E-state index in [0.29, 0.717) is 25.2 Å². The highest BCUT2D eigenvalue weighted by molar-refractivity contribution is 5.76. The van der Waals surface area contributed by atoms with Gasteiger partial charge in [0.25, 0.3) is 0 Å². The van der Waals surface area contributed by atoms with Crippen molar-refractivity contribution >= 4 is 12.0 Å². The summed E-state index contributed by atoms with van der Waals surface area (Å²) in [7, 11) is 0. The number of aromatic nitrogens is 2. The van der Waals surface area contributed by atoms with Crippen molar-refractivity contribution in [1.29, 1.82) is 0 Å². The van der Waals surface area contributed by atoms with Crippen LogP contribution in [0.4, 0.5) is 4.79 Å². The number of likely N-dealkylation sites (tertiary alicyclic amines) is 1. The van der Waals surface area contributed by atoms with Crippen LogP contribution < -0.4 is 5.32 Å². The average Bonchev–Trinajstić information content (AvgIpc) is 2.46. The topological polar surface area (TPSA) is 95.4 Å². The van der Waals surface area contributed by atoms with Crippen LogP contribution in [-0.4, -0.2) is 45.3 Å². The van der Waals surface area contributed by atoms with Crippen LogP contribution in [0.2, 0.25) is 0 Å². The number of carboxylic acid groups (broad SMARTS) is 1. The van der Waals surface area contributed by atoms with Crippen molar-refractivity contribution in [3.05, 3.63) is 24.0 Å². The van der Waals surface area contributed by atoms with E-state index < -0.39 is 11.9 Å². The van der Waals surface area contributed by atoms with Crippen LogP contribution in [0.15, 0.2) is 18.3 Å². The predicted molar refractivity (Wildman–Crippen MR) is 66.2 cm³/mol. The lowest BCUT2D eigenvalue weighted by Gasteiger charge is -2.30. The third-order valence-electron chi connectivity index (χ3n) is 3.11. The summed E-state index contributed by atoms with van der Waals surface area (Å²) in [6.07, 6.45) is 2.91. The van der Waals surface area contributed by atoms with Crippen molar-refractivity contribution in [3.63, 3.8) is 0 Å². The van der Waals surface area contributed by atoms with Gasteiger partial charge in [-0.3, -0.25) is 4.79 Å². The maximum Gasteiger partial charge on any atom is 0.317 e. The average molecular weight is 264 g/mol. The summed E-state index contributed by atoms with van der Waals surface area (Å²) in [5, 5.41) is 19.3. The maximum absolute atomic E-state index is 11.9. The fourth-order valence-corrected chi connectivity index (χ4v) is 2.07. The molecule has 1 fully saturated rings. The van der Waals surface area contributed by atoms with Crippen molar-refractivity contribution in [2.24, 2.45) is 5.92 Å². The molecule has 0 aliphatic carbocycles. The van der Waals surface area contributed by atoms with E-state index in [1.54, 1.807) is 23.2 Å². The molecule has 7 nitrogen and oxygen atoms in total. The molecule has 2 heterocycles. The number of piperidine rings is 1. The number of aliphatic carboxylic acids is 1. The lowest BCUT2D eigenvalue weighted by atomic mass is 9.99. The van der Waals surface area contributed by atoms with Crippen molar-refractivity contribution < 1.29 is 14.7 Å². The molecule has 0 aromatic carbocycles. The van der Waals surface area contributed by atoms with E-state index in [9.17, 15) is 9.59 Å². The zero-order chi connectivity index (χ0) is 13.7. The van der Waals surface area contributed by atoms with Gasteiger partial charge in [-0.2, -0.15) is 10.2 Å². The molecule has 1 aliphatic heterocycles. The van der Waals surface area contributed by atoms with Crippen molar-refractivity contribution in [3.8, 4) is 0 Å². The van der Waals surface area contributed by atoms with Gasteiger partial charge in [0.1, 0.15) is 0 Å². The Balaban J connectivity index is 1.84. The summed E-state index contributed by atoms with van der Waals surface area (Å²) < 4.78 is 0. The smallest absolute Gasteiger partial charge is 0.317 e. The van der Waals surface area contributed by atoms with Crippen LogP contribution in [0, 0.1) is 5.92 Å². The number of carbonyl (C=O) groups excluding carboxylic acids is 1. The third-order valence-corrected chi connectivity index (χ3v) is 3.11. The number of carboxylic acids is 1. The van der Waals surface area contributed by atoms with E-state index in [4.69, 9.17) is 5.11 Å². The fourth-order valence-electron chi connectivity index (χ4n) is 2.07. The van der Waals surface area contributed by atoms with Gasteiger partial charge < -0.3 is 15.3 Å². The molecule has 1 atom stereocenters. The molecule has 2 amide bonds. The number of amides is 2. The van der Waals surface area contributed by atoms with E-state index in [1.807, 2.05) is 0 Å². The van der Waals surface area contributed by atoms with Gasteiger partial charge in [0.05, 0.1) is 18.2 Å². The quantitative estimate of drug-likeness (QED) is 0.828. The highest BCUT2D eigenvalue weighted by Gasteiger charge is 2.27. The van der Waals surface area contributed by atoms with E-state index >= 15 is 0 Å². The van der Waals surface area contributed by atoms with Crippen molar-refractivity contribution in [2.75, 3.05) is 13.1 Å². The first-order valence-corrected chi connectivity index (χ1v) is 6.19. The predicted octanol–water partition coefficient (Wildman–Crippen LogP) is 0.483. The molecule has 19 heavy (non-hydrogen) atoms. The molecular weight excluding hydrogens is 248 g/mol. The molecule has 7 heteroatoms. The van der Waals surface area contributed by atoms with Gasteiger partial charge in [0.2, 0.25) is 0 Å². The molecule has 1 aromatic heterocycles. The number of nitrogens with one attached hydrogen (secondary N) is 1. The normalized spacial score (nSPS) is 18.9. The SMILES string of the molecule is O=C(O)C1CCCN(C(=O)NCc2cccnn2)C1. The minimum atomic E-state index is -0.841. The number of rotatable bonds is 3. The molecule has 1 aliphatic rings. The van der Waals surface area contributed by atoms with Gasteiger partial charge in [-0.1, -0.05) is 0 Å². The highest BCUT2D eigenvalue weighted by Crippen LogP contribution is 2.16. The second kappa shape index (κ2) is 6.12. The second-order valence-corrected chi connectivity index (χ2v) is 4.50. The first-order chi connectivity index (χ1) is 9.16. The second-order valence-electron chi connectivity index (χ2n) is 4.50. The van der Waals surface area contributed by atoms with Crippen LogP contribution in [0.25, 0.3) is 0 Å². The van der Waals surface area contributed by atoms with Gasteiger partial charge in [0.15, 0.2) is 0 Å². The molecule has 0 radical (unpaired) electrons. The van der Waals surface area contributed by atoms with Crippen LogP contribution in [0.3, 0.4) is 0 Å². The largest absolute Gasteiger partial charge is 0.481 e. The standard InChI is InChI=1S/C12H16N4O3/c17-11(18)9-3-2-6-16(8-9)12(19)13-7-10-4-1-5-14-15-10/h1,4-5,9H,2-3,6-8H2,(H,13,19)(H,17,18). The van der Waals surface area contributed by atoms with E-state index in [2.05, 4.69) is 15.5 Å². The Bertz CT molecular complexity index is 452. The summed E-state index contributed by atoms with van der Waals surface area (Å²) >= 11 is 0. The first kappa shape index (κ1) is 13.3. The Hall–Kier alpha value is -2.18. The third kappa shape index (κ3) is 3.64. The maximum atomic E-state index is 11.9. The highest BCUT2D eigenvalue weighted by atomic mass is 16.4. The zero-order valence-electron chi connectivity index (χ0n) is 10.5. The summed E-state index contributed by atoms with van der Waals surface area (Å²) in [6.45, 7) is 1.15. The zero-order valence-corrected chi connectivity index (χ0v) is 10.5. The van der Waals surface area contributed by atoms with Crippen LogP contribution >= 0.6 is 0 Å². The molecule has 0 spiro atoms. The molecule has 102 valence electrons. The molecule has 0 bridgehead atoms. The molecule has 2 rings (SSSR count). The number of nitrogens with zero attached hydrogens (tertiary/aromatic N) is 3. The molecule has 2 N–H and O–H groups in total. The van der Waals surface area contributed by atoms with Gasteiger partial charge in [-0.25, -0.2) is 4.79 Å². The Morgan fingerprint density at radius 1 is 1.53 bits per heavy atom. The van der Waals surface area contributed by atoms with Gasteiger partial charge in [0, 0.05) is 19.3 Å². The Morgan fingerprint density at radius 3 is 3.05 bits per heavy atom. The Morgan fingerprint density at radius 2 is 2.37 bits per heavy atom. The van der Waals surface area contributed by atoms with E-state index in [-0.39, 0.29) is 12.6 Å². The number of urea groups is 1. The van der Waals surface area contributed by atoms with Crippen LogP contribution in [0.1, 0.15) is 18.5 Å². The molecule has 1 saturated heterocycles. The summed E-state index contributed by atoms with van der Waals surface area (Å²) in [6, 6.07) is 3.26. The monoisotopic (exact) mass is 264 g/mol. The van der Waals surface area contributed by atoms with Crippen molar-refractivity contribution in [2.45, 2.75) is 19.4 Å². The number of hydrogen-bond acceptors (Lipinski definition) is 4. The Labute approximate surface area is 110 Å². The van der Waals surface area contributed by atoms with Crippen LogP contribution in [-0.2, 0) is 11.3 Å². The lowest BCUT2D eigenvalue weighted by Crippen LogP contribution is -2.46. The molecule has 1 unspecified atom stereocenters. The fraction of sp³-hybridized carbons (Fsp3) is 0.500. The lowest BCUT2D eigenvalue weighted by molar-refractivity contribution is -0.143. The van der Waals surface area contributed by atoms with Crippen LogP contribution in [0.5, 0.6) is 0 Å². The minimum Gasteiger partial charge on any atom is -0.481 e. The van der Waals surface area contributed by atoms with Gasteiger partial charge >= 0.3 is 12.0 Å². The summed E-state index contributed by atoms with van der Waals surface area (Å²) in [5.41, 5.74) is 0.669. The minimum absolute atomic E-state index is 0.253. The molecule has 0 saturated carbocycles. The number of carbonyl (C=O) groups is 2.